The summed E-state index contributed by atoms with van der Waals surface area (Å²) in [5, 5.41) is 0. The van der Waals surface area contributed by atoms with Gasteiger partial charge < -0.3 is 18.5 Å². The monoisotopic (exact) mass is 346 g/mol. The zero-order valence-electron chi connectivity index (χ0n) is 13.0. The molecule has 0 fully saturated rings. The maximum absolute atomic E-state index is 12.2. The van der Waals surface area contributed by atoms with Gasteiger partial charge in [0.2, 0.25) is 0 Å². The Hall–Kier alpha value is -2.87. The van der Waals surface area contributed by atoms with Crippen LogP contribution in [0.1, 0.15) is 10.6 Å². The van der Waals surface area contributed by atoms with Gasteiger partial charge in [-0.3, -0.25) is 9.59 Å². The number of carbonyl (C=O) groups excluding carboxylic acids is 2. The fourth-order valence-corrected chi connectivity index (χ4v) is 3.28. The van der Waals surface area contributed by atoms with E-state index in [-0.39, 0.29) is 12.3 Å². The molecule has 1 amide bonds. The summed E-state index contributed by atoms with van der Waals surface area (Å²) in [5.74, 6) is -0.264. The van der Waals surface area contributed by atoms with Gasteiger partial charge >= 0.3 is 11.9 Å². The quantitative estimate of drug-likeness (QED) is 0.677. The number of thiazole rings is 1. The standard InChI is InChI=1S/C16H14N2O5S/c1-21-10-5-3-7-12-14(10)18(9-13(19)22-2)16(24-12)17-15(20)11-6-4-8-23-11/h3-8H,9H2,1-2H3. The largest absolute Gasteiger partial charge is 0.495 e. The van der Waals surface area contributed by atoms with Crippen molar-refractivity contribution in [3.05, 3.63) is 47.2 Å². The van der Waals surface area contributed by atoms with Gasteiger partial charge in [-0.1, -0.05) is 17.4 Å². The number of amides is 1. The first-order chi connectivity index (χ1) is 11.6. The minimum atomic E-state index is -0.524. The Morgan fingerprint density at radius 1 is 1.25 bits per heavy atom. The van der Waals surface area contributed by atoms with Gasteiger partial charge in [-0.15, -0.1) is 0 Å². The van der Waals surface area contributed by atoms with Crippen molar-refractivity contribution in [1.82, 2.24) is 4.57 Å². The number of methoxy groups -OCH3 is 2. The lowest BCUT2D eigenvalue weighted by atomic mass is 10.3. The van der Waals surface area contributed by atoms with Gasteiger partial charge in [0.15, 0.2) is 10.6 Å². The van der Waals surface area contributed by atoms with Crippen molar-refractivity contribution in [1.29, 1.82) is 0 Å². The van der Waals surface area contributed by atoms with E-state index in [0.29, 0.717) is 16.1 Å². The first-order valence-corrected chi connectivity index (χ1v) is 7.81. The number of nitrogens with zero attached hydrogens (tertiary/aromatic N) is 2. The van der Waals surface area contributed by atoms with Crippen LogP contribution in [0, 0.1) is 0 Å². The average molecular weight is 346 g/mol. The molecule has 0 spiro atoms. The van der Waals surface area contributed by atoms with Crippen molar-refractivity contribution >= 4 is 33.4 Å². The van der Waals surface area contributed by atoms with Crippen molar-refractivity contribution in [3.63, 3.8) is 0 Å². The molecule has 1 aromatic carbocycles. The molecule has 2 heterocycles. The summed E-state index contributed by atoms with van der Waals surface area (Å²) in [6, 6.07) is 8.62. The van der Waals surface area contributed by atoms with Crippen LogP contribution in [0.3, 0.4) is 0 Å². The number of hydrogen-bond acceptors (Lipinski definition) is 6. The number of carbonyl (C=O) groups is 2. The van der Waals surface area contributed by atoms with Gasteiger partial charge in [0.05, 0.1) is 25.2 Å². The molecule has 0 aliphatic heterocycles. The lowest BCUT2D eigenvalue weighted by Gasteiger charge is -2.07. The summed E-state index contributed by atoms with van der Waals surface area (Å²) in [5.41, 5.74) is 0.682. The molecule has 0 saturated heterocycles. The molecule has 0 atom stereocenters. The Balaban J connectivity index is 2.21. The number of esters is 1. The van der Waals surface area contributed by atoms with E-state index in [2.05, 4.69) is 4.99 Å². The van der Waals surface area contributed by atoms with Crippen molar-refractivity contribution in [2.24, 2.45) is 4.99 Å². The van der Waals surface area contributed by atoms with Crippen molar-refractivity contribution < 1.29 is 23.5 Å². The van der Waals surface area contributed by atoms with E-state index in [4.69, 9.17) is 13.9 Å². The van der Waals surface area contributed by atoms with Gasteiger partial charge in [0.1, 0.15) is 17.8 Å². The Labute approximate surface area is 140 Å². The third-order valence-electron chi connectivity index (χ3n) is 3.33. The summed E-state index contributed by atoms with van der Waals surface area (Å²) >= 11 is 1.28. The number of fused-ring (bicyclic) bond motifs is 1. The molecule has 0 unspecified atom stereocenters. The lowest BCUT2D eigenvalue weighted by Crippen LogP contribution is -2.22. The van der Waals surface area contributed by atoms with E-state index in [1.54, 1.807) is 23.8 Å². The highest BCUT2D eigenvalue weighted by atomic mass is 32.1. The van der Waals surface area contributed by atoms with E-state index in [9.17, 15) is 9.59 Å². The van der Waals surface area contributed by atoms with E-state index in [1.165, 1.54) is 30.8 Å². The summed E-state index contributed by atoms with van der Waals surface area (Å²) in [7, 11) is 2.85. The normalized spacial score (nSPS) is 11.7. The third-order valence-corrected chi connectivity index (χ3v) is 4.37. The second kappa shape index (κ2) is 6.71. The van der Waals surface area contributed by atoms with E-state index in [0.717, 1.165) is 4.70 Å². The molecular formula is C16H14N2O5S. The molecule has 0 aliphatic rings. The molecule has 0 aliphatic carbocycles. The second-order valence-corrected chi connectivity index (χ2v) is 5.76. The summed E-state index contributed by atoms with van der Waals surface area (Å²) in [6.45, 7) is -0.0822. The van der Waals surface area contributed by atoms with Crippen LogP contribution in [0.2, 0.25) is 0 Å². The zero-order valence-corrected chi connectivity index (χ0v) is 13.8. The van der Waals surface area contributed by atoms with Gasteiger partial charge in [-0.05, 0) is 24.3 Å². The number of furan rings is 1. The van der Waals surface area contributed by atoms with Gasteiger partial charge in [0, 0.05) is 0 Å². The zero-order chi connectivity index (χ0) is 17.1. The van der Waals surface area contributed by atoms with Gasteiger partial charge in [0.25, 0.3) is 0 Å². The van der Waals surface area contributed by atoms with Crippen LogP contribution in [0.25, 0.3) is 10.2 Å². The Kier molecular flexibility index (Phi) is 4.48. The first kappa shape index (κ1) is 16.0. The maximum Gasteiger partial charge on any atom is 0.325 e. The van der Waals surface area contributed by atoms with Crippen molar-refractivity contribution in [2.75, 3.05) is 14.2 Å². The number of ether oxygens (including phenoxy) is 2. The molecule has 3 aromatic rings. The highest BCUT2D eigenvalue weighted by Crippen LogP contribution is 2.27. The highest BCUT2D eigenvalue weighted by molar-refractivity contribution is 7.16. The maximum atomic E-state index is 12.2. The summed E-state index contributed by atoms with van der Waals surface area (Å²) in [6.07, 6.45) is 1.40. The molecule has 0 bridgehead atoms. The minimum Gasteiger partial charge on any atom is -0.495 e. The second-order valence-electron chi connectivity index (χ2n) is 4.75. The van der Waals surface area contributed by atoms with Crippen LogP contribution >= 0.6 is 11.3 Å². The molecule has 8 heteroatoms. The average Bonchev–Trinajstić information content (AvgIpc) is 3.23. The molecule has 124 valence electrons. The Bertz CT molecular complexity index is 953. The molecular weight excluding hydrogens is 332 g/mol. The van der Waals surface area contributed by atoms with Crippen LogP contribution in [-0.4, -0.2) is 30.7 Å². The van der Waals surface area contributed by atoms with E-state index in [1.807, 2.05) is 12.1 Å². The number of hydrogen-bond donors (Lipinski definition) is 0. The number of benzene rings is 1. The van der Waals surface area contributed by atoms with Crippen LogP contribution in [0.15, 0.2) is 46.0 Å². The smallest absolute Gasteiger partial charge is 0.325 e. The molecule has 2 aromatic heterocycles. The predicted molar refractivity (Wildman–Crippen MR) is 87.0 cm³/mol. The first-order valence-electron chi connectivity index (χ1n) is 6.99. The van der Waals surface area contributed by atoms with Crippen molar-refractivity contribution in [3.8, 4) is 5.75 Å². The Morgan fingerprint density at radius 2 is 2.08 bits per heavy atom. The molecule has 3 rings (SSSR count). The van der Waals surface area contributed by atoms with E-state index >= 15 is 0 Å². The highest BCUT2D eigenvalue weighted by Gasteiger charge is 2.16. The lowest BCUT2D eigenvalue weighted by molar-refractivity contribution is -0.141. The Morgan fingerprint density at radius 3 is 2.75 bits per heavy atom. The topological polar surface area (TPSA) is 83.0 Å². The van der Waals surface area contributed by atoms with Gasteiger partial charge in [-0.25, -0.2) is 0 Å². The fraction of sp³-hybridized carbons (Fsp3) is 0.188. The van der Waals surface area contributed by atoms with Crippen LogP contribution in [0.4, 0.5) is 0 Å². The number of aromatic nitrogens is 1. The SMILES string of the molecule is COC(=O)Cn1c(=NC(=O)c2ccco2)sc2cccc(OC)c21. The predicted octanol–water partition coefficient (Wildman–Crippen LogP) is 2.22. The minimum absolute atomic E-state index is 0.0822. The van der Waals surface area contributed by atoms with Crippen LogP contribution < -0.4 is 9.54 Å². The number of rotatable bonds is 4. The van der Waals surface area contributed by atoms with Crippen LogP contribution in [0.5, 0.6) is 5.75 Å². The van der Waals surface area contributed by atoms with Gasteiger partial charge in [-0.2, -0.15) is 4.99 Å². The van der Waals surface area contributed by atoms with Crippen LogP contribution in [-0.2, 0) is 16.1 Å². The molecule has 0 N–H and O–H groups in total. The van der Waals surface area contributed by atoms with Crippen molar-refractivity contribution in [2.45, 2.75) is 6.54 Å². The molecule has 0 radical (unpaired) electrons. The molecule has 7 nitrogen and oxygen atoms in total. The summed E-state index contributed by atoms with van der Waals surface area (Å²) in [4.78, 5) is 28.4. The fourth-order valence-electron chi connectivity index (χ4n) is 2.23. The summed E-state index contributed by atoms with van der Waals surface area (Å²) < 4.78 is 17.6. The third kappa shape index (κ3) is 2.95. The van der Waals surface area contributed by atoms with E-state index < -0.39 is 11.9 Å². The number of para-hydroxylation sites is 1. The molecule has 0 saturated carbocycles. The molecule has 24 heavy (non-hydrogen) atoms.